The molecule has 0 fully saturated rings. The molecule has 3 rings (SSSR count). The van der Waals surface area contributed by atoms with E-state index in [0.717, 1.165) is 5.69 Å². The normalized spacial score (nSPS) is 14.0. The summed E-state index contributed by atoms with van der Waals surface area (Å²) in [4.78, 5) is 12.1. The van der Waals surface area contributed by atoms with Crippen molar-refractivity contribution < 1.29 is 19.4 Å². The van der Waals surface area contributed by atoms with Crippen molar-refractivity contribution in [3.05, 3.63) is 47.8 Å². The SMILES string of the molecule is Cn1cccc1C(O)CNC(=O)c1ccc2c(c1)OCO2. The third-order valence-corrected chi connectivity index (χ3v) is 3.42. The second-order valence-corrected chi connectivity index (χ2v) is 4.84. The first-order valence-corrected chi connectivity index (χ1v) is 6.62. The van der Waals surface area contributed by atoms with Gasteiger partial charge in [-0.05, 0) is 30.3 Å². The second kappa shape index (κ2) is 5.49. The molecule has 6 nitrogen and oxygen atoms in total. The van der Waals surface area contributed by atoms with E-state index in [4.69, 9.17) is 9.47 Å². The molecule has 1 atom stereocenters. The minimum absolute atomic E-state index is 0.144. The van der Waals surface area contributed by atoms with E-state index in [0.29, 0.717) is 17.1 Å². The Morgan fingerprint density at radius 2 is 2.19 bits per heavy atom. The van der Waals surface area contributed by atoms with Crippen molar-refractivity contribution in [1.82, 2.24) is 9.88 Å². The lowest BCUT2D eigenvalue weighted by molar-refractivity contribution is 0.0912. The molecule has 21 heavy (non-hydrogen) atoms. The van der Waals surface area contributed by atoms with Crippen LogP contribution in [0.25, 0.3) is 0 Å². The molecule has 0 saturated heterocycles. The summed E-state index contributed by atoms with van der Waals surface area (Å²) in [6, 6.07) is 8.66. The van der Waals surface area contributed by atoms with Crippen LogP contribution in [0.15, 0.2) is 36.5 Å². The van der Waals surface area contributed by atoms with Crippen molar-refractivity contribution >= 4 is 5.91 Å². The first-order valence-electron chi connectivity index (χ1n) is 6.62. The van der Waals surface area contributed by atoms with Gasteiger partial charge in [-0.1, -0.05) is 0 Å². The number of rotatable bonds is 4. The van der Waals surface area contributed by atoms with Crippen molar-refractivity contribution in [2.24, 2.45) is 7.05 Å². The molecule has 0 saturated carbocycles. The van der Waals surface area contributed by atoms with Gasteiger partial charge in [0.15, 0.2) is 11.5 Å². The number of nitrogens with zero attached hydrogens (tertiary/aromatic N) is 1. The Kier molecular flexibility index (Phi) is 3.53. The number of nitrogens with one attached hydrogen (secondary N) is 1. The molecule has 1 amide bonds. The summed E-state index contributed by atoms with van der Waals surface area (Å²) in [5.41, 5.74) is 1.22. The Morgan fingerprint density at radius 1 is 1.38 bits per heavy atom. The summed E-state index contributed by atoms with van der Waals surface area (Å²) in [6.45, 7) is 0.317. The van der Waals surface area contributed by atoms with Crippen molar-refractivity contribution in [1.29, 1.82) is 0 Å². The fourth-order valence-corrected chi connectivity index (χ4v) is 2.25. The first kappa shape index (κ1) is 13.5. The number of hydrogen-bond acceptors (Lipinski definition) is 4. The molecule has 1 aliphatic heterocycles. The Labute approximate surface area is 121 Å². The summed E-state index contributed by atoms with van der Waals surface area (Å²) in [5, 5.41) is 12.8. The molecule has 110 valence electrons. The highest BCUT2D eigenvalue weighted by molar-refractivity contribution is 5.94. The number of amides is 1. The zero-order valence-corrected chi connectivity index (χ0v) is 11.6. The predicted molar refractivity (Wildman–Crippen MR) is 75.3 cm³/mol. The average molecular weight is 288 g/mol. The maximum atomic E-state index is 12.1. The van der Waals surface area contributed by atoms with Gasteiger partial charge in [0.1, 0.15) is 6.10 Å². The van der Waals surface area contributed by atoms with Crippen LogP contribution >= 0.6 is 0 Å². The number of hydrogen-bond donors (Lipinski definition) is 2. The van der Waals surface area contributed by atoms with Gasteiger partial charge in [-0.25, -0.2) is 0 Å². The topological polar surface area (TPSA) is 72.7 Å². The summed E-state index contributed by atoms with van der Waals surface area (Å²) in [5.74, 6) is 0.933. The van der Waals surface area contributed by atoms with Crippen molar-refractivity contribution in [3.63, 3.8) is 0 Å². The Hall–Kier alpha value is -2.47. The fourth-order valence-electron chi connectivity index (χ4n) is 2.25. The van der Waals surface area contributed by atoms with Crippen LogP contribution in [0, 0.1) is 0 Å². The number of aryl methyl sites for hydroxylation is 1. The van der Waals surface area contributed by atoms with Crippen LogP contribution in [0.3, 0.4) is 0 Å². The summed E-state index contributed by atoms with van der Waals surface area (Å²) >= 11 is 0. The number of aliphatic hydroxyl groups is 1. The standard InChI is InChI=1S/C15H16N2O4/c1-17-6-2-3-11(17)12(18)8-16-15(19)10-4-5-13-14(7-10)21-9-20-13/h2-7,12,18H,8-9H2,1H3,(H,16,19). The molecular formula is C15H16N2O4. The van der Waals surface area contributed by atoms with E-state index in [9.17, 15) is 9.90 Å². The van der Waals surface area contributed by atoms with Crippen molar-refractivity contribution in [2.75, 3.05) is 13.3 Å². The highest BCUT2D eigenvalue weighted by Gasteiger charge is 2.17. The number of aliphatic hydroxyl groups excluding tert-OH is 1. The quantitative estimate of drug-likeness (QED) is 0.887. The van der Waals surface area contributed by atoms with Gasteiger partial charge in [-0.2, -0.15) is 0 Å². The van der Waals surface area contributed by atoms with Crippen LogP contribution in [0.1, 0.15) is 22.2 Å². The summed E-state index contributed by atoms with van der Waals surface area (Å²) in [6.07, 6.45) is 1.10. The predicted octanol–water partition coefficient (Wildman–Crippen LogP) is 1.22. The van der Waals surface area contributed by atoms with E-state index in [-0.39, 0.29) is 19.2 Å². The van der Waals surface area contributed by atoms with E-state index in [1.807, 2.05) is 29.9 Å². The Balaban J connectivity index is 1.63. The molecule has 1 unspecified atom stereocenters. The number of ether oxygens (including phenoxy) is 2. The molecule has 2 aromatic rings. The molecule has 1 aliphatic rings. The molecule has 0 aliphatic carbocycles. The summed E-state index contributed by atoms with van der Waals surface area (Å²) < 4.78 is 12.2. The van der Waals surface area contributed by atoms with Gasteiger partial charge in [0.2, 0.25) is 6.79 Å². The maximum absolute atomic E-state index is 12.1. The zero-order chi connectivity index (χ0) is 14.8. The smallest absolute Gasteiger partial charge is 0.251 e. The molecule has 1 aromatic heterocycles. The van der Waals surface area contributed by atoms with Gasteiger partial charge in [-0.15, -0.1) is 0 Å². The minimum atomic E-state index is -0.747. The van der Waals surface area contributed by atoms with E-state index >= 15 is 0 Å². The molecule has 0 bridgehead atoms. The van der Waals surface area contributed by atoms with Gasteiger partial charge in [0.25, 0.3) is 5.91 Å². The van der Waals surface area contributed by atoms with Crippen molar-refractivity contribution in [3.8, 4) is 11.5 Å². The monoisotopic (exact) mass is 288 g/mol. The number of fused-ring (bicyclic) bond motifs is 1. The summed E-state index contributed by atoms with van der Waals surface area (Å²) in [7, 11) is 1.85. The van der Waals surface area contributed by atoms with Crippen LogP contribution in [0.4, 0.5) is 0 Å². The molecule has 6 heteroatoms. The average Bonchev–Trinajstić information content (AvgIpc) is 3.11. The minimum Gasteiger partial charge on any atom is -0.454 e. The van der Waals surface area contributed by atoms with E-state index in [2.05, 4.69) is 5.32 Å². The number of carbonyl (C=O) groups excluding carboxylic acids is 1. The lowest BCUT2D eigenvalue weighted by Gasteiger charge is -2.13. The van der Waals surface area contributed by atoms with Gasteiger partial charge in [-0.3, -0.25) is 4.79 Å². The van der Waals surface area contributed by atoms with Crippen molar-refractivity contribution in [2.45, 2.75) is 6.10 Å². The highest BCUT2D eigenvalue weighted by atomic mass is 16.7. The fraction of sp³-hybridized carbons (Fsp3) is 0.267. The Morgan fingerprint density at radius 3 is 2.95 bits per heavy atom. The van der Waals surface area contributed by atoms with E-state index in [1.165, 1.54) is 0 Å². The van der Waals surface area contributed by atoms with E-state index in [1.54, 1.807) is 18.2 Å². The van der Waals surface area contributed by atoms with Crippen LogP contribution in [-0.4, -0.2) is 28.9 Å². The number of carbonyl (C=O) groups is 1. The van der Waals surface area contributed by atoms with Gasteiger partial charge in [0.05, 0.1) is 0 Å². The van der Waals surface area contributed by atoms with E-state index < -0.39 is 6.10 Å². The maximum Gasteiger partial charge on any atom is 0.251 e. The molecule has 2 heterocycles. The third-order valence-electron chi connectivity index (χ3n) is 3.42. The number of benzene rings is 1. The van der Waals surface area contributed by atoms with Crippen LogP contribution in [0.5, 0.6) is 11.5 Å². The highest BCUT2D eigenvalue weighted by Crippen LogP contribution is 2.32. The zero-order valence-electron chi connectivity index (χ0n) is 11.6. The van der Waals surface area contributed by atoms with Gasteiger partial charge < -0.3 is 24.5 Å². The molecule has 2 N–H and O–H groups in total. The number of aromatic nitrogens is 1. The lowest BCUT2D eigenvalue weighted by Crippen LogP contribution is -2.29. The first-order chi connectivity index (χ1) is 10.1. The third kappa shape index (κ3) is 2.71. The van der Waals surface area contributed by atoms with Crippen LogP contribution in [-0.2, 0) is 7.05 Å². The molecular weight excluding hydrogens is 272 g/mol. The van der Waals surface area contributed by atoms with Gasteiger partial charge >= 0.3 is 0 Å². The van der Waals surface area contributed by atoms with Crippen LogP contribution < -0.4 is 14.8 Å². The van der Waals surface area contributed by atoms with Gasteiger partial charge in [0, 0.05) is 31.0 Å². The second-order valence-electron chi connectivity index (χ2n) is 4.84. The largest absolute Gasteiger partial charge is 0.454 e. The van der Waals surface area contributed by atoms with Crippen LogP contribution in [0.2, 0.25) is 0 Å². The molecule has 1 aromatic carbocycles. The lowest BCUT2D eigenvalue weighted by atomic mass is 10.2. The molecule has 0 spiro atoms. The Bertz CT molecular complexity index is 665. The molecule has 0 radical (unpaired) electrons.